The van der Waals surface area contributed by atoms with E-state index in [0.29, 0.717) is 6.54 Å². The van der Waals surface area contributed by atoms with Gasteiger partial charge in [0.1, 0.15) is 0 Å². The molecule has 0 amide bonds. The Labute approximate surface area is 134 Å². The Morgan fingerprint density at radius 3 is 2.24 bits per heavy atom. The maximum absolute atomic E-state index is 5.94. The van der Waals surface area contributed by atoms with Crippen molar-refractivity contribution in [2.75, 3.05) is 31.1 Å². The van der Waals surface area contributed by atoms with Gasteiger partial charge in [-0.05, 0) is 36.4 Å². The maximum atomic E-state index is 5.94. The first-order chi connectivity index (χ1) is 10.2. The zero-order chi connectivity index (χ0) is 14.7. The Bertz CT molecular complexity index is 573. The van der Waals surface area contributed by atoms with Gasteiger partial charge in [0, 0.05) is 59.7 Å². The summed E-state index contributed by atoms with van der Waals surface area (Å²) in [5.41, 5.74) is 6.93. The zero-order valence-electron chi connectivity index (χ0n) is 12.0. The van der Waals surface area contributed by atoms with E-state index in [1.807, 2.05) is 23.5 Å². The minimum absolute atomic E-state index is 0.648. The fraction of sp³-hybridized carbons (Fsp3) is 0.375. The van der Waals surface area contributed by atoms with Gasteiger partial charge in [-0.3, -0.25) is 4.90 Å². The smallest absolute Gasteiger partial charge is 0.0407 e. The molecule has 1 saturated heterocycles. The molecule has 2 N–H and O–H groups in total. The van der Waals surface area contributed by atoms with Gasteiger partial charge in [0.05, 0.1) is 0 Å². The highest BCUT2D eigenvalue weighted by atomic mass is 35.5. The average Bonchev–Trinajstić information content (AvgIpc) is 2.97. The summed E-state index contributed by atoms with van der Waals surface area (Å²) in [5, 5.41) is 0.797. The molecule has 2 heterocycles. The van der Waals surface area contributed by atoms with Crippen molar-refractivity contribution in [3.63, 3.8) is 0 Å². The third kappa shape index (κ3) is 3.77. The summed E-state index contributed by atoms with van der Waals surface area (Å²) < 4.78 is 0. The first-order valence-corrected chi connectivity index (χ1v) is 8.44. The lowest BCUT2D eigenvalue weighted by atomic mass is 10.2. The van der Waals surface area contributed by atoms with Gasteiger partial charge < -0.3 is 10.6 Å². The lowest BCUT2D eigenvalue weighted by molar-refractivity contribution is 0.252. The quantitative estimate of drug-likeness (QED) is 0.938. The number of hydrogen-bond acceptors (Lipinski definition) is 4. The maximum Gasteiger partial charge on any atom is 0.0407 e. The summed E-state index contributed by atoms with van der Waals surface area (Å²) in [6, 6.07) is 12.5. The normalized spacial score (nSPS) is 16.4. The molecule has 112 valence electrons. The molecule has 0 unspecified atom stereocenters. The highest BCUT2D eigenvalue weighted by molar-refractivity contribution is 7.11. The van der Waals surface area contributed by atoms with E-state index in [9.17, 15) is 0 Å². The van der Waals surface area contributed by atoms with Crippen molar-refractivity contribution in [1.29, 1.82) is 0 Å². The molecule has 3 rings (SSSR count). The van der Waals surface area contributed by atoms with Crippen LogP contribution < -0.4 is 10.6 Å². The second kappa shape index (κ2) is 6.79. The third-order valence-electron chi connectivity index (χ3n) is 3.86. The molecule has 1 aromatic heterocycles. The number of benzene rings is 1. The van der Waals surface area contributed by atoms with Gasteiger partial charge in [-0.2, -0.15) is 0 Å². The fourth-order valence-electron chi connectivity index (χ4n) is 2.65. The topological polar surface area (TPSA) is 32.5 Å². The van der Waals surface area contributed by atoms with E-state index in [1.54, 1.807) is 0 Å². The number of hydrogen-bond donors (Lipinski definition) is 1. The van der Waals surface area contributed by atoms with Gasteiger partial charge in [0.2, 0.25) is 0 Å². The summed E-state index contributed by atoms with van der Waals surface area (Å²) in [4.78, 5) is 7.62. The van der Waals surface area contributed by atoms with Crippen molar-refractivity contribution in [2.45, 2.75) is 13.1 Å². The molecular formula is C16H20ClN3S. The standard InChI is InChI=1S/C16H20ClN3S/c17-13-1-3-14(4-2-13)20-9-7-19(8-10-20)12-16-6-5-15(11-18)21-16/h1-6H,7-12,18H2. The Kier molecular flexibility index (Phi) is 4.80. The zero-order valence-corrected chi connectivity index (χ0v) is 13.5. The fourth-order valence-corrected chi connectivity index (χ4v) is 3.72. The number of rotatable bonds is 4. The Balaban J connectivity index is 1.54. The van der Waals surface area contributed by atoms with Crippen molar-refractivity contribution in [3.8, 4) is 0 Å². The molecule has 0 spiro atoms. The van der Waals surface area contributed by atoms with Crippen LogP contribution in [-0.4, -0.2) is 31.1 Å². The van der Waals surface area contributed by atoms with E-state index in [1.165, 1.54) is 15.4 Å². The Morgan fingerprint density at radius 1 is 0.952 bits per heavy atom. The van der Waals surface area contributed by atoms with Crippen LogP contribution in [0.1, 0.15) is 9.75 Å². The average molecular weight is 322 g/mol. The van der Waals surface area contributed by atoms with Gasteiger partial charge in [0.15, 0.2) is 0 Å². The summed E-state index contributed by atoms with van der Waals surface area (Å²) >= 11 is 7.77. The third-order valence-corrected chi connectivity index (χ3v) is 5.21. The van der Waals surface area contributed by atoms with E-state index in [-0.39, 0.29) is 0 Å². The predicted octanol–water partition coefficient (Wildman–Crippen LogP) is 3.18. The second-order valence-corrected chi connectivity index (χ2v) is 7.00. The minimum atomic E-state index is 0.648. The van der Waals surface area contributed by atoms with Crippen LogP contribution >= 0.6 is 22.9 Å². The molecule has 0 saturated carbocycles. The van der Waals surface area contributed by atoms with Crippen LogP contribution in [0, 0.1) is 0 Å². The van der Waals surface area contributed by atoms with E-state index in [0.717, 1.165) is 37.7 Å². The summed E-state index contributed by atoms with van der Waals surface area (Å²) in [6.45, 7) is 6.01. The van der Waals surface area contributed by atoms with Crippen LogP contribution in [0.2, 0.25) is 5.02 Å². The molecule has 1 fully saturated rings. The van der Waals surface area contributed by atoms with Crippen LogP contribution in [-0.2, 0) is 13.1 Å². The van der Waals surface area contributed by atoms with Crippen LogP contribution in [0.5, 0.6) is 0 Å². The van der Waals surface area contributed by atoms with Gasteiger partial charge in [0.25, 0.3) is 0 Å². The lowest BCUT2D eigenvalue weighted by Crippen LogP contribution is -2.45. The summed E-state index contributed by atoms with van der Waals surface area (Å²) in [7, 11) is 0. The molecule has 5 heteroatoms. The molecule has 21 heavy (non-hydrogen) atoms. The number of piperazine rings is 1. The van der Waals surface area contributed by atoms with Crippen molar-refractivity contribution in [3.05, 3.63) is 51.2 Å². The molecule has 0 aliphatic carbocycles. The van der Waals surface area contributed by atoms with Crippen LogP contribution in [0.4, 0.5) is 5.69 Å². The van der Waals surface area contributed by atoms with Gasteiger partial charge in [-0.1, -0.05) is 11.6 Å². The van der Waals surface area contributed by atoms with Crippen molar-refractivity contribution in [1.82, 2.24) is 4.90 Å². The summed E-state index contributed by atoms with van der Waals surface area (Å²) in [6.07, 6.45) is 0. The molecule has 0 atom stereocenters. The number of nitrogens with two attached hydrogens (primary N) is 1. The van der Waals surface area contributed by atoms with Crippen LogP contribution in [0.15, 0.2) is 36.4 Å². The number of halogens is 1. The van der Waals surface area contributed by atoms with Crippen molar-refractivity contribution >= 4 is 28.6 Å². The van der Waals surface area contributed by atoms with E-state index < -0.39 is 0 Å². The predicted molar refractivity (Wildman–Crippen MR) is 91.2 cm³/mol. The molecule has 0 radical (unpaired) electrons. The van der Waals surface area contributed by atoms with Gasteiger partial charge in [-0.15, -0.1) is 11.3 Å². The highest BCUT2D eigenvalue weighted by Crippen LogP contribution is 2.22. The number of nitrogens with zero attached hydrogens (tertiary/aromatic N) is 2. The highest BCUT2D eigenvalue weighted by Gasteiger charge is 2.17. The Morgan fingerprint density at radius 2 is 1.62 bits per heavy atom. The lowest BCUT2D eigenvalue weighted by Gasteiger charge is -2.36. The largest absolute Gasteiger partial charge is 0.369 e. The molecule has 1 aliphatic rings. The van der Waals surface area contributed by atoms with Crippen LogP contribution in [0.25, 0.3) is 0 Å². The van der Waals surface area contributed by atoms with Gasteiger partial charge >= 0.3 is 0 Å². The Hall–Kier alpha value is -1.07. The summed E-state index contributed by atoms with van der Waals surface area (Å²) in [5.74, 6) is 0. The number of thiophene rings is 1. The first kappa shape index (κ1) is 14.9. The SMILES string of the molecule is NCc1ccc(CN2CCN(c3ccc(Cl)cc3)CC2)s1. The number of anilines is 1. The first-order valence-electron chi connectivity index (χ1n) is 7.25. The molecule has 0 bridgehead atoms. The molecular weight excluding hydrogens is 302 g/mol. The van der Waals surface area contributed by atoms with Crippen molar-refractivity contribution < 1.29 is 0 Å². The second-order valence-electron chi connectivity index (χ2n) is 5.31. The van der Waals surface area contributed by atoms with Crippen molar-refractivity contribution in [2.24, 2.45) is 5.73 Å². The van der Waals surface area contributed by atoms with E-state index in [4.69, 9.17) is 17.3 Å². The minimum Gasteiger partial charge on any atom is -0.369 e. The van der Waals surface area contributed by atoms with Crippen LogP contribution in [0.3, 0.4) is 0 Å². The van der Waals surface area contributed by atoms with Gasteiger partial charge in [-0.25, -0.2) is 0 Å². The van der Waals surface area contributed by atoms with E-state index >= 15 is 0 Å². The molecule has 2 aromatic rings. The molecule has 1 aromatic carbocycles. The molecule has 1 aliphatic heterocycles. The monoisotopic (exact) mass is 321 g/mol. The molecule has 3 nitrogen and oxygen atoms in total. The van der Waals surface area contributed by atoms with E-state index in [2.05, 4.69) is 34.1 Å².